The lowest BCUT2D eigenvalue weighted by atomic mass is 10.1. The highest BCUT2D eigenvalue weighted by molar-refractivity contribution is 6.33. The second-order valence-electron chi connectivity index (χ2n) is 3.02. The summed E-state index contributed by atoms with van der Waals surface area (Å²) in [5, 5.41) is 8.95. The van der Waals surface area contributed by atoms with Crippen LogP contribution >= 0.6 is 11.6 Å². The molecule has 1 unspecified atom stereocenters. The zero-order chi connectivity index (χ0) is 11.0. The van der Waals surface area contributed by atoms with Gasteiger partial charge in [0, 0.05) is 5.56 Å². The molecule has 0 amide bonds. The van der Waals surface area contributed by atoms with Crippen LogP contribution in [0.5, 0.6) is 11.5 Å². The number of carbonyl (C=O) groups is 1. The van der Waals surface area contributed by atoms with Crippen LogP contribution < -0.4 is 15.2 Å². The van der Waals surface area contributed by atoms with E-state index in [1.165, 1.54) is 6.07 Å². The van der Waals surface area contributed by atoms with E-state index >= 15 is 0 Å². The minimum atomic E-state index is -1.16. The molecule has 3 N–H and O–H groups in total. The van der Waals surface area contributed by atoms with Crippen LogP contribution in [0, 0.1) is 0 Å². The first-order valence-electron chi connectivity index (χ1n) is 4.17. The summed E-state index contributed by atoms with van der Waals surface area (Å²) >= 11 is 5.94. The molecule has 6 heteroatoms. The standard InChI is InChI=1S/C9H8ClNO4/c10-6-4(7(11)9(12)13)1-2-5-8(6)15-3-14-5/h1-2,7H,3,11H2,(H,12,13). The van der Waals surface area contributed by atoms with Crippen LogP contribution in [-0.4, -0.2) is 17.9 Å². The molecule has 1 aromatic rings. The van der Waals surface area contributed by atoms with Gasteiger partial charge in [-0.15, -0.1) is 0 Å². The van der Waals surface area contributed by atoms with Gasteiger partial charge < -0.3 is 20.3 Å². The van der Waals surface area contributed by atoms with Gasteiger partial charge in [0.25, 0.3) is 0 Å². The van der Waals surface area contributed by atoms with Gasteiger partial charge in [-0.05, 0) is 6.07 Å². The molecule has 15 heavy (non-hydrogen) atoms. The maximum Gasteiger partial charge on any atom is 0.325 e. The summed E-state index contributed by atoms with van der Waals surface area (Å²) in [6, 6.07) is 1.95. The second kappa shape index (κ2) is 3.60. The topological polar surface area (TPSA) is 81.8 Å². The van der Waals surface area contributed by atoms with Crippen molar-refractivity contribution >= 4 is 17.6 Å². The number of hydrogen-bond acceptors (Lipinski definition) is 4. The summed E-state index contributed by atoms with van der Waals surface area (Å²) in [6.07, 6.45) is 0. The molecule has 80 valence electrons. The van der Waals surface area contributed by atoms with E-state index in [-0.39, 0.29) is 11.8 Å². The number of nitrogens with two attached hydrogens (primary N) is 1. The molecule has 0 saturated carbocycles. The molecular weight excluding hydrogens is 222 g/mol. The van der Waals surface area contributed by atoms with Gasteiger partial charge in [0.2, 0.25) is 6.79 Å². The maximum atomic E-state index is 10.7. The number of benzene rings is 1. The van der Waals surface area contributed by atoms with Gasteiger partial charge in [0.05, 0.1) is 5.02 Å². The number of carboxylic acids is 1. The Hall–Kier alpha value is -1.46. The van der Waals surface area contributed by atoms with E-state index in [9.17, 15) is 4.79 Å². The smallest absolute Gasteiger partial charge is 0.325 e. The molecule has 1 aliphatic heterocycles. The Morgan fingerprint density at radius 3 is 2.93 bits per heavy atom. The van der Waals surface area contributed by atoms with Crippen LogP contribution in [0.25, 0.3) is 0 Å². The fraction of sp³-hybridized carbons (Fsp3) is 0.222. The van der Waals surface area contributed by atoms with E-state index < -0.39 is 12.0 Å². The summed E-state index contributed by atoms with van der Waals surface area (Å²) in [6.45, 7) is 0.0841. The molecule has 0 radical (unpaired) electrons. The monoisotopic (exact) mass is 229 g/mol. The average Bonchev–Trinajstić information content (AvgIpc) is 2.66. The van der Waals surface area contributed by atoms with Gasteiger partial charge in [0.15, 0.2) is 11.5 Å². The van der Waals surface area contributed by atoms with Crippen LogP contribution in [0.15, 0.2) is 12.1 Å². The van der Waals surface area contributed by atoms with Crippen LogP contribution in [-0.2, 0) is 4.79 Å². The van der Waals surface area contributed by atoms with Crippen molar-refractivity contribution in [1.82, 2.24) is 0 Å². The lowest BCUT2D eigenvalue weighted by molar-refractivity contribution is -0.138. The molecule has 0 bridgehead atoms. The van der Waals surface area contributed by atoms with Crippen LogP contribution in [0.4, 0.5) is 0 Å². The summed E-state index contributed by atoms with van der Waals surface area (Å²) in [5.74, 6) is -0.289. The Balaban J connectivity index is 2.46. The largest absolute Gasteiger partial charge is 0.480 e. The Bertz CT molecular complexity index is 421. The number of carboxylic acid groups (broad SMARTS) is 1. The Morgan fingerprint density at radius 2 is 2.27 bits per heavy atom. The summed E-state index contributed by atoms with van der Waals surface area (Å²) in [7, 11) is 0. The van der Waals surface area contributed by atoms with Crippen molar-refractivity contribution in [3.8, 4) is 11.5 Å². The molecule has 2 rings (SSSR count). The fourth-order valence-electron chi connectivity index (χ4n) is 1.33. The molecule has 1 aromatic carbocycles. The van der Waals surface area contributed by atoms with E-state index in [0.717, 1.165) is 0 Å². The maximum absolute atomic E-state index is 10.7. The summed E-state index contributed by atoms with van der Waals surface area (Å²) in [4.78, 5) is 10.7. The summed E-state index contributed by atoms with van der Waals surface area (Å²) in [5.41, 5.74) is 5.77. The second-order valence-corrected chi connectivity index (χ2v) is 3.40. The number of aliphatic carboxylic acids is 1. The molecule has 0 aromatic heterocycles. The third kappa shape index (κ3) is 1.60. The minimum absolute atomic E-state index is 0.0841. The van der Waals surface area contributed by atoms with E-state index in [4.69, 9.17) is 31.9 Å². The van der Waals surface area contributed by atoms with Crippen molar-refractivity contribution in [3.05, 3.63) is 22.7 Å². The SMILES string of the molecule is NC(C(=O)O)c1ccc2c(c1Cl)OCO2. The van der Waals surface area contributed by atoms with Crippen molar-refractivity contribution in [2.45, 2.75) is 6.04 Å². The minimum Gasteiger partial charge on any atom is -0.480 e. The third-order valence-corrected chi connectivity index (χ3v) is 2.50. The highest BCUT2D eigenvalue weighted by Crippen LogP contribution is 2.42. The Kier molecular flexibility index (Phi) is 2.42. The quantitative estimate of drug-likeness (QED) is 0.795. The molecular formula is C9H8ClNO4. The number of halogens is 1. The first kappa shape index (κ1) is 10.1. The van der Waals surface area contributed by atoms with Gasteiger partial charge in [-0.2, -0.15) is 0 Å². The average molecular weight is 230 g/mol. The van der Waals surface area contributed by atoms with Gasteiger partial charge in [-0.25, -0.2) is 0 Å². The molecule has 0 spiro atoms. The predicted molar refractivity (Wildman–Crippen MR) is 52.1 cm³/mol. The molecule has 1 heterocycles. The molecule has 5 nitrogen and oxygen atoms in total. The molecule has 0 saturated heterocycles. The van der Waals surface area contributed by atoms with E-state index in [1.807, 2.05) is 0 Å². The Morgan fingerprint density at radius 1 is 1.53 bits per heavy atom. The van der Waals surface area contributed by atoms with Crippen molar-refractivity contribution in [2.24, 2.45) is 5.73 Å². The number of rotatable bonds is 2. The fourth-order valence-corrected chi connectivity index (χ4v) is 1.66. The third-order valence-electron chi connectivity index (χ3n) is 2.11. The van der Waals surface area contributed by atoms with Crippen molar-refractivity contribution in [3.63, 3.8) is 0 Å². The van der Waals surface area contributed by atoms with Gasteiger partial charge in [-0.1, -0.05) is 17.7 Å². The number of fused-ring (bicyclic) bond motifs is 1. The van der Waals surface area contributed by atoms with Gasteiger partial charge in [0.1, 0.15) is 6.04 Å². The lowest BCUT2D eigenvalue weighted by Crippen LogP contribution is -2.20. The normalized spacial score (nSPS) is 15.1. The molecule has 0 fully saturated rings. The highest BCUT2D eigenvalue weighted by atomic mass is 35.5. The van der Waals surface area contributed by atoms with E-state index in [2.05, 4.69) is 0 Å². The van der Waals surface area contributed by atoms with Crippen LogP contribution in [0.3, 0.4) is 0 Å². The van der Waals surface area contributed by atoms with Crippen LogP contribution in [0.1, 0.15) is 11.6 Å². The van der Waals surface area contributed by atoms with Crippen LogP contribution in [0.2, 0.25) is 5.02 Å². The first-order chi connectivity index (χ1) is 7.11. The van der Waals surface area contributed by atoms with Crippen molar-refractivity contribution < 1.29 is 19.4 Å². The number of hydrogen-bond donors (Lipinski definition) is 2. The molecule has 1 atom stereocenters. The van der Waals surface area contributed by atoms with Gasteiger partial charge in [-0.3, -0.25) is 4.79 Å². The first-order valence-corrected chi connectivity index (χ1v) is 4.55. The highest BCUT2D eigenvalue weighted by Gasteiger charge is 2.25. The summed E-state index contributed by atoms with van der Waals surface area (Å²) < 4.78 is 10.2. The Labute approximate surface area is 90.3 Å². The number of ether oxygens (including phenoxy) is 2. The molecule has 1 aliphatic rings. The predicted octanol–water partition coefficient (Wildman–Crippen LogP) is 1.15. The molecule has 0 aliphatic carbocycles. The van der Waals surface area contributed by atoms with Gasteiger partial charge >= 0.3 is 5.97 Å². The zero-order valence-electron chi connectivity index (χ0n) is 7.57. The van der Waals surface area contributed by atoms with E-state index in [0.29, 0.717) is 17.1 Å². The lowest BCUT2D eigenvalue weighted by Gasteiger charge is -2.10. The van der Waals surface area contributed by atoms with E-state index in [1.54, 1.807) is 6.07 Å². The zero-order valence-corrected chi connectivity index (χ0v) is 8.32. The van der Waals surface area contributed by atoms with Crippen molar-refractivity contribution in [2.75, 3.05) is 6.79 Å². The van der Waals surface area contributed by atoms with Crippen molar-refractivity contribution in [1.29, 1.82) is 0 Å².